The van der Waals surface area contributed by atoms with Crippen molar-refractivity contribution >= 4 is 15.9 Å². The smallest absolute Gasteiger partial charge is 0.133 e. The molecule has 120 valence electrons. The number of halogens is 1. The lowest BCUT2D eigenvalue weighted by Gasteiger charge is -2.21. The summed E-state index contributed by atoms with van der Waals surface area (Å²) >= 11 is 3.60. The maximum atomic E-state index is 5.86. The van der Waals surface area contributed by atoms with Crippen molar-refractivity contribution in [1.82, 2.24) is 10.2 Å². The van der Waals surface area contributed by atoms with E-state index < -0.39 is 0 Å². The Morgan fingerprint density at radius 2 is 1.86 bits per heavy atom. The fourth-order valence-electron chi connectivity index (χ4n) is 1.96. The Bertz CT molecular complexity index is 425. The van der Waals surface area contributed by atoms with E-state index >= 15 is 0 Å². The molecule has 0 radical (unpaired) electrons. The molecule has 0 aliphatic heterocycles. The van der Waals surface area contributed by atoms with E-state index in [1.165, 1.54) is 5.56 Å². The molecule has 4 heteroatoms. The van der Waals surface area contributed by atoms with Crippen molar-refractivity contribution in [2.45, 2.75) is 46.7 Å². The molecular formula is C17H29BrN2O. The summed E-state index contributed by atoms with van der Waals surface area (Å²) < 4.78 is 6.89. The molecule has 0 aliphatic rings. The molecule has 0 saturated carbocycles. The molecule has 0 unspecified atom stereocenters. The van der Waals surface area contributed by atoms with Crippen molar-refractivity contribution in [3.63, 3.8) is 0 Å². The van der Waals surface area contributed by atoms with Crippen LogP contribution in [0.3, 0.4) is 0 Å². The Morgan fingerprint density at radius 1 is 1.19 bits per heavy atom. The van der Waals surface area contributed by atoms with Crippen LogP contribution in [-0.4, -0.2) is 36.7 Å². The molecule has 0 aromatic heterocycles. The zero-order valence-electron chi connectivity index (χ0n) is 14.0. The molecule has 0 aliphatic carbocycles. The first-order valence-corrected chi connectivity index (χ1v) is 8.53. The van der Waals surface area contributed by atoms with Gasteiger partial charge in [-0.15, -0.1) is 0 Å². The average Bonchev–Trinajstić information content (AvgIpc) is 2.42. The van der Waals surface area contributed by atoms with Gasteiger partial charge in [0.25, 0.3) is 0 Å². The van der Waals surface area contributed by atoms with Crippen LogP contribution < -0.4 is 10.1 Å². The molecule has 1 aromatic rings. The van der Waals surface area contributed by atoms with Gasteiger partial charge < -0.3 is 15.0 Å². The minimum atomic E-state index is 0.130. The number of benzene rings is 1. The third-order valence-corrected chi connectivity index (χ3v) is 4.00. The van der Waals surface area contributed by atoms with Crippen LogP contribution in [0.2, 0.25) is 0 Å². The summed E-state index contributed by atoms with van der Waals surface area (Å²) in [7, 11) is 0. The van der Waals surface area contributed by atoms with E-state index in [1.807, 2.05) is 6.07 Å². The van der Waals surface area contributed by atoms with E-state index in [1.54, 1.807) is 0 Å². The zero-order chi connectivity index (χ0) is 15.9. The van der Waals surface area contributed by atoms with Crippen molar-refractivity contribution in [3.8, 4) is 5.75 Å². The van der Waals surface area contributed by atoms with Crippen LogP contribution in [-0.2, 0) is 6.54 Å². The lowest BCUT2D eigenvalue weighted by atomic mass is 10.1. The largest absolute Gasteiger partial charge is 0.491 e. The van der Waals surface area contributed by atoms with E-state index in [2.05, 4.69) is 72.9 Å². The summed E-state index contributed by atoms with van der Waals surface area (Å²) in [6.07, 6.45) is 0. The second-order valence-corrected chi connectivity index (χ2v) is 7.10. The van der Waals surface area contributed by atoms with Crippen molar-refractivity contribution in [3.05, 3.63) is 28.2 Å². The van der Waals surface area contributed by atoms with Gasteiger partial charge in [0.1, 0.15) is 12.4 Å². The third-order valence-electron chi connectivity index (χ3n) is 3.38. The Labute approximate surface area is 138 Å². The van der Waals surface area contributed by atoms with Crippen molar-refractivity contribution in [2.24, 2.45) is 0 Å². The quantitative estimate of drug-likeness (QED) is 0.759. The summed E-state index contributed by atoms with van der Waals surface area (Å²) in [5.41, 5.74) is 1.39. The predicted molar refractivity (Wildman–Crippen MR) is 94.0 cm³/mol. The molecule has 0 bridgehead atoms. The molecule has 0 heterocycles. The van der Waals surface area contributed by atoms with Crippen LogP contribution in [0, 0.1) is 0 Å². The number of rotatable bonds is 8. The number of likely N-dealkylation sites (N-methyl/N-ethyl adjacent to an activating group) is 1. The molecule has 0 fully saturated rings. The highest BCUT2D eigenvalue weighted by Gasteiger charge is 2.09. The molecule has 0 amide bonds. The first-order chi connectivity index (χ1) is 9.85. The van der Waals surface area contributed by atoms with Gasteiger partial charge in [-0.3, -0.25) is 0 Å². The van der Waals surface area contributed by atoms with Gasteiger partial charge in [-0.2, -0.15) is 0 Å². The highest BCUT2D eigenvalue weighted by molar-refractivity contribution is 9.10. The van der Waals surface area contributed by atoms with Crippen molar-refractivity contribution in [1.29, 1.82) is 0 Å². The highest BCUT2D eigenvalue weighted by atomic mass is 79.9. The van der Waals surface area contributed by atoms with E-state index in [0.29, 0.717) is 0 Å². The van der Waals surface area contributed by atoms with Gasteiger partial charge in [0.2, 0.25) is 0 Å². The Balaban J connectivity index is 2.50. The van der Waals surface area contributed by atoms with Crippen LogP contribution in [0.4, 0.5) is 0 Å². The van der Waals surface area contributed by atoms with E-state index in [0.717, 1.165) is 43.0 Å². The fourth-order valence-corrected chi connectivity index (χ4v) is 2.50. The first kappa shape index (κ1) is 18.5. The second kappa shape index (κ2) is 8.76. The van der Waals surface area contributed by atoms with Crippen LogP contribution in [0.5, 0.6) is 5.75 Å². The van der Waals surface area contributed by atoms with Gasteiger partial charge in [0.15, 0.2) is 0 Å². The normalized spacial score (nSPS) is 12.0. The molecule has 1 rings (SSSR count). The minimum absolute atomic E-state index is 0.130. The molecule has 1 N–H and O–H groups in total. The molecular weight excluding hydrogens is 328 g/mol. The summed E-state index contributed by atoms with van der Waals surface area (Å²) in [5, 5.41) is 3.49. The minimum Gasteiger partial charge on any atom is -0.491 e. The van der Waals surface area contributed by atoms with Crippen molar-refractivity contribution < 1.29 is 4.74 Å². The maximum absolute atomic E-state index is 5.86. The number of hydrogen-bond acceptors (Lipinski definition) is 3. The first-order valence-electron chi connectivity index (χ1n) is 7.74. The second-order valence-electron chi connectivity index (χ2n) is 6.24. The molecule has 3 nitrogen and oxygen atoms in total. The Kier molecular flexibility index (Phi) is 7.71. The number of nitrogens with zero attached hydrogens (tertiary/aromatic N) is 1. The number of ether oxygens (including phenoxy) is 1. The van der Waals surface area contributed by atoms with Gasteiger partial charge in [-0.1, -0.05) is 19.9 Å². The summed E-state index contributed by atoms with van der Waals surface area (Å²) in [6.45, 7) is 15.6. The molecule has 0 saturated heterocycles. The molecule has 0 atom stereocenters. The van der Waals surface area contributed by atoms with Gasteiger partial charge in [0.05, 0.1) is 4.47 Å². The van der Waals surface area contributed by atoms with Gasteiger partial charge in [-0.05, 0) is 67.5 Å². The maximum Gasteiger partial charge on any atom is 0.133 e. The van der Waals surface area contributed by atoms with Gasteiger partial charge in [0, 0.05) is 18.6 Å². The standard InChI is InChI=1S/C17H29BrN2O/c1-6-20(7-2)10-11-21-16-9-8-14(12-15(16)18)13-19-17(3,4)5/h8-9,12,19H,6-7,10-11,13H2,1-5H3. The average molecular weight is 357 g/mol. The lowest BCUT2D eigenvalue weighted by molar-refractivity contribution is 0.222. The van der Waals surface area contributed by atoms with Gasteiger partial charge in [-0.25, -0.2) is 0 Å². The van der Waals surface area contributed by atoms with Gasteiger partial charge >= 0.3 is 0 Å². The summed E-state index contributed by atoms with van der Waals surface area (Å²) in [6, 6.07) is 6.30. The topological polar surface area (TPSA) is 24.5 Å². The van der Waals surface area contributed by atoms with Crippen molar-refractivity contribution in [2.75, 3.05) is 26.2 Å². The summed E-state index contributed by atoms with van der Waals surface area (Å²) in [4.78, 5) is 2.36. The Hall–Kier alpha value is -0.580. The SMILES string of the molecule is CCN(CC)CCOc1ccc(CNC(C)(C)C)cc1Br. The molecule has 21 heavy (non-hydrogen) atoms. The van der Waals surface area contributed by atoms with Crippen LogP contribution >= 0.6 is 15.9 Å². The highest BCUT2D eigenvalue weighted by Crippen LogP contribution is 2.26. The molecule has 1 aromatic carbocycles. The van der Waals surface area contributed by atoms with Crippen LogP contribution in [0.25, 0.3) is 0 Å². The molecule has 0 spiro atoms. The monoisotopic (exact) mass is 356 g/mol. The van der Waals surface area contributed by atoms with Crippen LogP contribution in [0.15, 0.2) is 22.7 Å². The summed E-state index contributed by atoms with van der Waals surface area (Å²) in [5.74, 6) is 0.918. The number of hydrogen-bond donors (Lipinski definition) is 1. The lowest BCUT2D eigenvalue weighted by Crippen LogP contribution is -2.35. The number of nitrogens with one attached hydrogen (secondary N) is 1. The van der Waals surface area contributed by atoms with E-state index in [9.17, 15) is 0 Å². The third kappa shape index (κ3) is 7.30. The van der Waals surface area contributed by atoms with E-state index in [4.69, 9.17) is 4.74 Å². The van der Waals surface area contributed by atoms with E-state index in [-0.39, 0.29) is 5.54 Å². The zero-order valence-corrected chi connectivity index (χ0v) is 15.6. The van der Waals surface area contributed by atoms with Crippen LogP contribution in [0.1, 0.15) is 40.2 Å². The predicted octanol–water partition coefficient (Wildman–Crippen LogP) is 4.06. The fraction of sp³-hybridized carbons (Fsp3) is 0.647. The Morgan fingerprint density at radius 3 is 2.38 bits per heavy atom.